The molecule has 1 amide bonds. The predicted octanol–water partition coefficient (Wildman–Crippen LogP) is -0.0878. The Hall–Kier alpha value is -1.47. The second-order valence-corrected chi connectivity index (χ2v) is 4.57. The van der Waals surface area contributed by atoms with Gasteiger partial charge in [-0.25, -0.2) is 4.98 Å². The molecule has 1 rings (SSSR count). The molecule has 0 radical (unpaired) electrons. The van der Waals surface area contributed by atoms with Crippen LogP contribution in [0.2, 0.25) is 0 Å². The van der Waals surface area contributed by atoms with Gasteiger partial charge in [0.2, 0.25) is 5.91 Å². The lowest BCUT2D eigenvalue weighted by atomic mass is 10.2. The summed E-state index contributed by atoms with van der Waals surface area (Å²) in [7, 11) is 0. The van der Waals surface area contributed by atoms with Crippen molar-refractivity contribution in [2.24, 2.45) is 5.73 Å². The molecule has 0 fully saturated rings. The molecule has 94 valence electrons. The lowest BCUT2D eigenvalue weighted by Crippen LogP contribution is -2.42. The van der Waals surface area contributed by atoms with Crippen LogP contribution >= 0.6 is 11.3 Å². The minimum Gasteiger partial charge on any atom is -0.481 e. The van der Waals surface area contributed by atoms with Gasteiger partial charge in [0.05, 0.1) is 17.5 Å². The van der Waals surface area contributed by atoms with E-state index in [0.717, 1.165) is 10.7 Å². The molecular formula is C10H15N3O3S. The Morgan fingerprint density at radius 1 is 1.65 bits per heavy atom. The van der Waals surface area contributed by atoms with Crippen molar-refractivity contribution < 1.29 is 14.7 Å². The van der Waals surface area contributed by atoms with Crippen molar-refractivity contribution in [3.8, 4) is 0 Å². The topological polar surface area (TPSA) is 105 Å². The fraction of sp³-hybridized carbons (Fsp3) is 0.500. The standard InChI is InChI=1S/C10H15N3O3S/c1-6-5-17-8(13-6)2-3-12-10(16)7(11)4-9(14)15/h5,7H,2-4,11H2,1H3,(H,12,16)(H,14,15). The third-order valence-electron chi connectivity index (χ3n) is 2.04. The number of amides is 1. The normalized spacial score (nSPS) is 12.1. The fourth-order valence-electron chi connectivity index (χ4n) is 1.22. The van der Waals surface area contributed by atoms with Crippen molar-refractivity contribution in [2.45, 2.75) is 25.8 Å². The molecule has 1 heterocycles. The summed E-state index contributed by atoms with van der Waals surface area (Å²) >= 11 is 1.53. The molecule has 0 aliphatic rings. The van der Waals surface area contributed by atoms with Crippen LogP contribution in [0.15, 0.2) is 5.38 Å². The van der Waals surface area contributed by atoms with Crippen LogP contribution in [0.4, 0.5) is 0 Å². The first-order chi connectivity index (χ1) is 7.99. The molecule has 1 aromatic heterocycles. The molecular weight excluding hydrogens is 242 g/mol. The summed E-state index contributed by atoms with van der Waals surface area (Å²) in [6, 6.07) is -0.995. The van der Waals surface area contributed by atoms with E-state index in [1.165, 1.54) is 11.3 Å². The van der Waals surface area contributed by atoms with Gasteiger partial charge in [-0.15, -0.1) is 11.3 Å². The predicted molar refractivity (Wildman–Crippen MR) is 63.8 cm³/mol. The highest BCUT2D eigenvalue weighted by molar-refractivity contribution is 7.09. The second-order valence-electron chi connectivity index (χ2n) is 3.63. The number of rotatable bonds is 6. The molecule has 1 unspecified atom stereocenters. The summed E-state index contributed by atoms with van der Waals surface area (Å²) in [5, 5.41) is 13.9. The minimum atomic E-state index is -1.08. The van der Waals surface area contributed by atoms with E-state index in [-0.39, 0.29) is 6.42 Å². The van der Waals surface area contributed by atoms with E-state index in [1.54, 1.807) is 0 Å². The number of aryl methyl sites for hydroxylation is 1. The van der Waals surface area contributed by atoms with E-state index >= 15 is 0 Å². The Morgan fingerprint density at radius 3 is 2.88 bits per heavy atom. The molecule has 0 aromatic carbocycles. The number of hydrogen-bond acceptors (Lipinski definition) is 5. The minimum absolute atomic E-state index is 0.359. The molecule has 17 heavy (non-hydrogen) atoms. The van der Waals surface area contributed by atoms with Gasteiger partial charge in [-0.05, 0) is 6.92 Å². The number of nitrogens with one attached hydrogen (secondary N) is 1. The fourth-order valence-corrected chi connectivity index (χ4v) is 2.00. The summed E-state index contributed by atoms with van der Waals surface area (Å²) < 4.78 is 0. The maximum atomic E-state index is 11.4. The molecule has 1 aromatic rings. The van der Waals surface area contributed by atoms with Gasteiger partial charge in [0, 0.05) is 24.0 Å². The monoisotopic (exact) mass is 257 g/mol. The summed E-state index contributed by atoms with van der Waals surface area (Å²) in [6.45, 7) is 2.32. The van der Waals surface area contributed by atoms with Crippen LogP contribution in [0, 0.1) is 6.92 Å². The Labute approximate surface area is 103 Å². The Balaban J connectivity index is 2.26. The van der Waals surface area contributed by atoms with E-state index in [9.17, 15) is 9.59 Å². The second kappa shape index (κ2) is 6.31. The smallest absolute Gasteiger partial charge is 0.305 e. The summed E-state index contributed by atoms with van der Waals surface area (Å²) in [5.41, 5.74) is 6.35. The maximum Gasteiger partial charge on any atom is 0.305 e. The Morgan fingerprint density at radius 2 is 2.35 bits per heavy atom. The van der Waals surface area contributed by atoms with Crippen LogP contribution in [0.1, 0.15) is 17.1 Å². The number of carbonyl (C=O) groups excluding carboxylic acids is 1. The van der Waals surface area contributed by atoms with Gasteiger partial charge in [-0.1, -0.05) is 0 Å². The van der Waals surface area contributed by atoms with Crippen LogP contribution in [0.25, 0.3) is 0 Å². The third kappa shape index (κ3) is 4.92. The molecule has 0 saturated heterocycles. The van der Waals surface area contributed by atoms with E-state index in [1.807, 2.05) is 12.3 Å². The van der Waals surface area contributed by atoms with E-state index in [4.69, 9.17) is 10.8 Å². The van der Waals surface area contributed by atoms with E-state index in [2.05, 4.69) is 10.3 Å². The highest BCUT2D eigenvalue weighted by Gasteiger charge is 2.16. The number of aliphatic carboxylic acids is 1. The SMILES string of the molecule is Cc1csc(CCNC(=O)C(N)CC(=O)O)n1. The van der Waals surface area contributed by atoms with Gasteiger partial charge < -0.3 is 16.2 Å². The number of thiazole rings is 1. The van der Waals surface area contributed by atoms with E-state index < -0.39 is 17.9 Å². The van der Waals surface area contributed by atoms with Crippen LogP contribution < -0.4 is 11.1 Å². The van der Waals surface area contributed by atoms with Crippen molar-refractivity contribution in [3.63, 3.8) is 0 Å². The average Bonchev–Trinajstić information content (AvgIpc) is 2.63. The summed E-state index contributed by atoms with van der Waals surface area (Å²) in [6.07, 6.45) is 0.270. The number of nitrogens with two attached hydrogens (primary N) is 1. The van der Waals surface area contributed by atoms with Crippen LogP contribution in [0.5, 0.6) is 0 Å². The van der Waals surface area contributed by atoms with Gasteiger partial charge in [0.15, 0.2) is 0 Å². The lowest BCUT2D eigenvalue weighted by Gasteiger charge is -2.09. The highest BCUT2D eigenvalue weighted by atomic mass is 32.1. The zero-order chi connectivity index (χ0) is 12.8. The first-order valence-corrected chi connectivity index (χ1v) is 6.03. The van der Waals surface area contributed by atoms with Gasteiger partial charge >= 0.3 is 5.97 Å². The first-order valence-electron chi connectivity index (χ1n) is 5.15. The number of nitrogens with zero attached hydrogens (tertiary/aromatic N) is 1. The summed E-state index contributed by atoms with van der Waals surface area (Å²) in [5.74, 6) is -1.52. The zero-order valence-electron chi connectivity index (χ0n) is 9.47. The zero-order valence-corrected chi connectivity index (χ0v) is 10.3. The van der Waals surface area contributed by atoms with Crippen molar-refractivity contribution in [1.29, 1.82) is 0 Å². The number of carbonyl (C=O) groups is 2. The quantitative estimate of drug-likeness (QED) is 0.660. The van der Waals surface area contributed by atoms with Crippen LogP contribution in [0.3, 0.4) is 0 Å². The first kappa shape index (κ1) is 13.6. The van der Waals surface area contributed by atoms with Crippen LogP contribution in [-0.2, 0) is 16.0 Å². The maximum absolute atomic E-state index is 11.4. The molecule has 0 bridgehead atoms. The average molecular weight is 257 g/mol. The molecule has 0 spiro atoms. The van der Waals surface area contributed by atoms with Crippen molar-refractivity contribution >= 4 is 23.2 Å². The number of carboxylic acids is 1. The van der Waals surface area contributed by atoms with Crippen molar-refractivity contribution in [2.75, 3.05) is 6.54 Å². The molecule has 4 N–H and O–H groups in total. The Kier molecular flexibility index (Phi) is 5.05. The van der Waals surface area contributed by atoms with Crippen molar-refractivity contribution in [1.82, 2.24) is 10.3 Å². The highest BCUT2D eigenvalue weighted by Crippen LogP contribution is 2.08. The summed E-state index contributed by atoms with van der Waals surface area (Å²) in [4.78, 5) is 25.9. The van der Waals surface area contributed by atoms with Gasteiger partial charge in [-0.2, -0.15) is 0 Å². The molecule has 7 heteroatoms. The number of aromatic nitrogens is 1. The van der Waals surface area contributed by atoms with Crippen molar-refractivity contribution in [3.05, 3.63) is 16.1 Å². The third-order valence-corrected chi connectivity index (χ3v) is 3.06. The molecule has 0 aliphatic carbocycles. The van der Waals surface area contributed by atoms with Gasteiger partial charge in [-0.3, -0.25) is 9.59 Å². The molecule has 6 nitrogen and oxygen atoms in total. The molecule has 1 atom stereocenters. The van der Waals surface area contributed by atoms with Gasteiger partial charge in [0.1, 0.15) is 0 Å². The number of hydrogen-bond donors (Lipinski definition) is 3. The largest absolute Gasteiger partial charge is 0.481 e. The molecule has 0 saturated carbocycles. The lowest BCUT2D eigenvalue weighted by molar-refractivity contribution is -0.139. The number of carboxylic acid groups (broad SMARTS) is 1. The molecule has 0 aliphatic heterocycles. The van der Waals surface area contributed by atoms with Gasteiger partial charge in [0.25, 0.3) is 0 Å². The van der Waals surface area contributed by atoms with E-state index in [0.29, 0.717) is 13.0 Å². The van der Waals surface area contributed by atoms with Crippen LogP contribution in [-0.4, -0.2) is 34.6 Å². The Bertz CT molecular complexity index is 405.